The van der Waals surface area contributed by atoms with Crippen LogP contribution < -0.4 is 0 Å². The van der Waals surface area contributed by atoms with E-state index < -0.39 is 10.9 Å². The molecular formula is C17H21NO4. The van der Waals surface area contributed by atoms with Gasteiger partial charge in [0.25, 0.3) is 5.69 Å². The summed E-state index contributed by atoms with van der Waals surface area (Å²) in [4.78, 5) is 22.9. The van der Waals surface area contributed by atoms with Crippen molar-refractivity contribution in [1.29, 1.82) is 0 Å². The number of ether oxygens (including phenoxy) is 1. The van der Waals surface area contributed by atoms with Gasteiger partial charge in [-0.05, 0) is 37.7 Å². The topological polar surface area (TPSA) is 69.4 Å². The molecule has 0 N–H and O–H groups in total. The number of para-hydroxylation sites is 1. The van der Waals surface area contributed by atoms with Crippen LogP contribution in [-0.2, 0) is 4.74 Å². The number of carbonyl (C=O) groups excluding carboxylic acids is 1. The standard InChI is InChI=1S/C17H21NO4/c1-17-11-5-4-6-12(17)9-10-15(17)22-16(19)13-7-2-3-8-14(13)18(20)21/h2-3,7-8,12,15H,4-6,9-11H2,1H3/t12?,15-,17-/m0/s1. The van der Waals surface area contributed by atoms with Crippen LogP contribution in [0.1, 0.15) is 55.8 Å². The second-order valence-electron chi connectivity index (χ2n) is 6.69. The van der Waals surface area contributed by atoms with Crippen LogP contribution in [0.15, 0.2) is 24.3 Å². The molecular weight excluding hydrogens is 282 g/mol. The zero-order valence-corrected chi connectivity index (χ0v) is 12.8. The van der Waals surface area contributed by atoms with Gasteiger partial charge in [-0.2, -0.15) is 0 Å². The van der Waals surface area contributed by atoms with E-state index >= 15 is 0 Å². The fourth-order valence-corrected chi connectivity index (χ4v) is 4.20. The van der Waals surface area contributed by atoms with Crippen molar-refractivity contribution < 1.29 is 14.5 Å². The zero-order chi connectivity index (χ0) is 15.7. The van der Waals surface area contributed by atoms with Gasteiger partial charge in [-0.3, -0.25) is 10.1 Å². The maximum absolute atomic E-state index is 12.4. The maximum Gasteiger partial charge on any atom is 0.345 e. The van der Waals surface area contributed by atoms with E-state index in [0.29, 0.717) is 5.92 Å². The first-order valence-corrected chi connectivity index (χ1v) is 7.97. The summed E-state index contributed by atoms with van der Waals surface area (Å²) in [5.74, 6) is 0.0505. The fourth-order valence-electron chi connectivity index (χ4n) is 4.20. The predicted octanol–water partition coefficient (Wildman–Crippen LogP) is 4.11. The summed E-state index contributed by atoms with van der Waals surface area (Å²) in [6, 6.07) is 6.00. The third kappa shape index (κ3) is 2.49. The Morgan fingerprint density at radius 2 is 2.05 bits per heavy atom. The first kappa shape index (κ1) is 15.0. The molecule has 5 nitrogen and oxygen atoms in total. The molecule has 0 radical (unpaired) electrons. The van der Waals surface area contributed by atoms with Gasteiger partial charge in [-0.15, -0.1) is 0 Å². The molecule has 2 aliphatic rings. The monoisotopic (exact) mass is 303 g/mol. The number of nitro benzene ring substituents is 1. The minimum atomic E-state index is -0.565. The van der Waals surface area contributed by atoms with Gasteiger partial charge in [-0.1, -0.05) is 31.9 Å². The van der Waals surface area contributed by atoms with Crippen molar-refractivity contribution in [3.63, 3.8) is 0 Å². The quantitative estimate of drug-likeness (QED) is 0.478. The Morgan fingerprint density at radius 1 is 1.27 bits per heavy atom. The van der Waals surface area contributed by atoms with Crippen LogP contribution in [0.3, 0.4) is 0 Å². The molecule has 0 spiro atoms. The SMILES string of the molecule is C[C@]12CCCCC1CC[C@@H]2OC(=O)c1ccccc1[N+](=O)[O-]. The normalized spacial score (nSPS) is 30.6. The summed E-state index contributed by atoms with van der Waals surface area (Å²) >= 11 is 0. The van der Waals surface area contributed by atoms with Crippen LogP contribution in [0.5, 0.6) is 0 Å². The van der Waals surface area contributed by atoms with E-state index in [0.717, 1.165) is 19.3 Å². The van der Waals surface area contributed by atoms with Gasteiger partial charge in [0.05, 0.1) is 4.92 Å². The summed E-state index contributed by atoms with van der Waals surface area (Å²) in [6.07, 6.45) is 6.55. The molecule has 118 valence electrons. The number of esters is 1. The second kappa shape index (κ2) is 5.71. The smallest absolute Gasteiger partial charge is 0.345 e. The molecule has 2 aliphatic carbocycles. The molecule has 5 heteroatoms. The maximum atomic E-state index is 12.4. The summed E-state index contributed by atoms with van der Waals surface area (Å²) in [5, 5.41) is 11.1. The van der Waals surface area contributed by atoms with Crippen molar-refractivity contribution in [2.75, 3.05) is 0 Å². The molecule has 22 heavy (non-hydrogen) atoms. The fraction of sp³-hybridized carbons (Fsp3) is 0.588. The van der Waals surface area contributed by atoms with Crippen LogP contribution in [0.4, 0.5) is 5.69 Å². The Labute approximate surface area is 129 Å². The van der Waals surface area contributed by atoms with Gasteiger partial charge in [0.2, 0.25) is 0 Å². The van der Waals surface area contributed by atoms with Gasteiger partial charge >= 0.3 is 5.97 Å². The van der Waals surface area contributed by atoms with Crippen LogP contribution in [-0.4, -0.2) is 17.0 Å². The highest BCUT2D eigenvalue weighted by molar-refractivity contribution is 5.94. The largest absolute Gasteiger partial charge is 0.458 e. The van der Waals surface area contributed by atoms with E-state index in [4.69, 9.17) is 4.74 Å². The number of fused-ring (bicyclic) bond motifs is 1. The second-order valence-corrected chi connectivity index (χ2v) is 6.69. The molecule has 1 unspecified atom stereocenters. The lowest BCUT2D eigenvalue weighted by atomic mass is 9.68. The van der Waals surface area contributed by atoms with Crippen LogP contribution in [0.2, 0.25) is 0 Å². The average Bonchev–Trinajstić information content (AvgIpc) is 2.84. The Morgan fingerprint density at radius 3 is 2.82 bits per heavy atom. The summed E-state index contributed by atoms with van der Waals surface area (Å²) < 4.78 is 5.72. The number of rotatable bonds is 3. The van der Waals surface area contributed by atoms with E-state index in [2.05, 4.69) is 6.92 Å². The Kier molecular flexibility index (Phi) is 3.89. The van der Waals surface area contributed by atoms with Crippen LogP contribution in [0, 0.1) is 21.4 Å². The lowest BCUT2D eigenvalue weighted by Gasteiger charge is -2.39. The Balaban J connectivity index is 1.79. The van der Waals surface area contributed by atoms with Gasteiger partial charge in [0.1, 0.15) is 11.7 Å². The molecule has 0 aromatic heterocycles. The van der Waals surface area contributed by atoms with Gasteiger partial charge in [-0.25, -0.2) is 4.79 Å². The first-order chi connectivity index (χ1) is 10.5. The van der Waals surface area contributed by atoms with Crippen molar-refractivity contribution in [3.05, 3.63) is 39.9 Å². The molecule has 1 aromatic carbocycles. The highest BCUT2D eigenvalue weighted by atomic mass is 16.6. The summed E-state index contributed by atoms with van der Waals surface area (Å²) in [7, 11) is 0. The van der Waals surface area contributed by atoms with Crippen LogP contribution >= 0.6 is 0 Å². The molecule has 2 saturated carbocycles. The molecule has 0 bridgehead atoms. The molecule has 0 heterocycles. The summed E-state index contributed by atoms with van der Waals surface area (Å²) in [5.41, 5.74) is -0.0940. The number of hydrogen-bond donors (Lipinski definition) is 0. The molecule has 0 amide bonds. The summed E-state index contributed by atoms with van der Waals surface area (Å²) in [6.45, 7) is 2.21. The van der Waals surface area contributed by atoms with Gasteiger partial charge in [0.15, 0.2) is 0 Å². The van der Waals surface area contributed by atoms with E-state index in [1.54, 1.807) is 12.1 Å². The van der Waals surface area contributed by atoms with Gasteiger partial charge < -0.3 is 4.74 Å². The van der Waals surface area contributed by atoms with Gasteiger partial charge in [0, 0.05) is 11.5 Å². The third-order valence-electron chi connectivity index (χ3n) is 5.53. The molecule has 0 saturated heterocycles. The van der Waals surface area contributed by atoms with E-state index in [1.807, 2.05) is 0 Å². The van der Waals surface area contributed by atoms with Crippen molar-refractivity contribution in [2.45, 2.75) is 51.6 Å². The van der Waals surface area contributed by atoms with Crippen molar-refractivity contribution in [3.8, 4) is 0 Å². The Bertz CT molecular complexity index is 600. The molecule has 3 rings (SSSR count). The number of benzene rings is 1. The Hall–Kier alpha value is -1.91. The number of nitro groups is 1. The highest BCUT2D eigenvalue weighted by Crippen LogP contribution is 2.53. The van der Waals surface area contributed by atoms with Crippen molar-refractivity contribution in [1.82, 2.24) is 0 Å². The van der Waals surface area contributed by atoms with E-state index in [9.17, 15) is 14.9 Å². The number of carbonyl (C=O) groups is 1. The molecule has 2 fully saturated rings. The van der Waals surface area contributed by atoms with E-state index in [1.165, 1.54) is 31.4 Å². The number of hydrogen-bond acceptors (Lipinski definition) is 4. The molecule has 3 atom stereocenters. The predicted molar refractivity (Wildman–Crippen MR) is 81.6 cm³/mol. The van der Waals surface area contributed by atoms with Crippen molar-refractivity contribution in [2.24, 2.45) is 11.3 Å². The van der Waals surface area contributed by atoms with Crippen LogP contribution in [0.25, 0.3) is 0 Å². The number of nitrogens with zero attached hydrogens (tertiary/aromatic N) is 1. The zero-order valence-electron chi connectivity index (χ0n) is 12.8. The lowest BCUT2D eigenvalue weighted by Crippen LogP contribution is -2.38. The lowest BCUT2D eigenvalue weighted by molar-refractivity contribution is -0.385. The average molecular weight is 303 g/mol. The van der Waals surface area contributed by atoms with Crippen molar-refractivity contribution >= 4 is 11.7 Å². The highest BCUT2D eigenvalue weighted by Gasteiger charge is 2.49. The van der Waals surface area contributed by atoms with E-state index in [-0.39, 0.29) is 22.8 Å². The first-order valence-electron chi connectivity index (χ1n) is 7.97. The third-order valence-corrected chi connectivity index (χ3v) is 5.53. The minimum absolute atomic E-state index is 0.0392. The molecule has 1 aromatic rings. The minimum Gasteiger partial charge on any atom is -0.458 e. The molecule has 0 aliphatic heterocycles.